The predicted octanol–water partition coefficient (Wildman–Crippen LogP) is 3.61. The Balaban J connectivity index is 1.95. The van der Waals surface area contributed by atoms with Crippen molar-refractivity contribution in [2.75, 3.05) is 13.2 Å². The van der Waals surface area contributed by atoms with Crippen molar-refractivity contribution in [3.05, 3.63) is 0 Å². The Labute approximate surface area is 113 Å². The molecule has 5 unspecified atom stereocenters. The van der Waals surface area contributed by atoms with Gasteiger partial charge in [0.05, 0.1) is 12.7 Å². The van der Waals surface area contributed by atoms with E-state index in [1.165, 1.54) is 38.5 Å². The lowest BCUT2D eigenvalue weighted by Crippen LogP contribution is -2.44. The first-order valence-corrected chi connectivity index (χ1v) is 8.09. The Bertz CT molecular complexity index is 243. The standard InChI is InChI=1S/C16H31NO/c1-4-13-7-6-8-14(10-13)16(17-5-2)15-9-12(3)18-11-15/h12-17H,4-11H2,1-3H3. The molecule has 2 rings (SSSR count). The van der Waals surface area contributed by atoms with Crippen LogP contribution in [0.3, 0.4) is 0 Å². The van der Waals surface area contributed by atoms with Crippen molar-refractivity contribution in [3.8, 4) is 0 Å². The molecule has 18 heavy (non-hydrogen) atoms. The molecule has 0 amide bonds. The minimum Gasteiger partial charge on any atom is -0.378 e. The first kappa shape index (κ1) is 14.3. The molecule has 1 saturated carbocycles. The van der Waals surface area contributed by atoms with E-state index in [1.807, 2.05) is 0 Å². The molecule has 0 aromatic carbocycles. The summed E-state index contributed by atoms with van der Waals surface area (Å²) in [6.45, 7) is 8.90. The Morgan fingerprint density at radius 2 is 2.00 bits per heavy atom. The highest BCUT2D eigenvalue weighted by molar-refractivity contribution is 4.89. The summed E-state index contributed by atoms with van der Waals surface area (Å²) in [7, 11) is 0. The maximum Gasteiger partial charge on any atom is 0.0551 e. The van der Waals surface area contributed by atoms with Gasteiger partial charge >= 0.3 is 0 Å². The van der Waals surface area contributed by atoms with E-state index in [1.54, 1.807) is 0 Å². The van der Waals surface area contributed by atoms with Gasteiger partial charge in [-0.3, -0.25) is 0 Å². The lowest BCUT2D eigenvalue weighted by atomic mass is 9.73. The van der Waals surface area contributed by atoms with E-state index in [2.05, 4.69) is 26.1 Å². The zero-order chi connectivity index (χ0) is 13.0. The van der Waals surface area contributed by atoms with Crippen LogP contribution in [0.2, 0.25) is 0 Å². The zero-order valence-corrected chi connectivity index (χ0v) is 12.5. The van der Waals surface area contributed by atoms with Gasteiger partial charge in [-0.1, -0.05) is 33.1 Å². The van der Waals surface area contributed by atoms with Crippen LogP contribution in [-0.2, 0) is 4.74 Å². The molecular formula is C16H31NO. The van der Waals surface area contributed by atoms with Crippen LogP contribution < -0.4 is 5.32 Å². The number of nitrogens with one attached hydrogen (secondary N) is 1. The molecule has 0 aromatic rings. The fourth-order valence-electron chi connectivity index (χ4n) is 4.08. The maximum atomic E-state index is 5.80. The summed E-state index contributed by atoms with van der Waals surface area (Å²) in [4.78, 5) is 0. The molecule has 106 valence electrons. The van der Waals surface area contributed by atoms with Gasteiger partial charge in [0.1, 0.15) is 0 Å². The quantitative estimate of drug-likeness (QED) is 0.808. The van der Waals surface area contributed by atoms with Gasteiger partial charge in [-0.2, -0.15) is 0 Å². The van der Waals surface area contributed by atoms with Gasteiger partial charge in [-0.15, -0.1) is 0 Å². The Morgan fingerprint density at radius 1 is 1.17 bits per heavy atom. The molecule has 2 fully saturated rings. The van der Waals surface area contributed by atoms with Crippen molar-refractivity contribution in [2.45, 2.75) is 71.4 Å². The normalized spacial score (nSPS) is 38.8. The number of hydrogen-bond acceptors (Lipinski definition) is 2. The number of ether oxygens (including phenoxy) is 1. The highest BCUT2D eigenvalue weighted by atomic mass is 16.5. The molecule has 0 bridgehead atoms. The van der Waals surface area contributed by atoms with E-state index < -0.39 is 0 Å². The highest BCUT2D eigenvalue weighted by Crippen LogP contribution is 2.37. The lowest BCUT2D eigenvalue weighted by molar-refractivity contribution is 0.107. The number of hydrogen-bond donors (Lipinski definition) is 1. The second kappa shape index (κ2) is 6.91. The van der Waals surface area contributed by atoms with Crippen LogP contribution in [0.4, 0.5) is 0 Å². The van der Waals surface area contributed by atoms with E-state index >= 15 is 0 Å². The Hall–Kier alpha value is -0.0800. The molecule has 0 radical (unpaired) electrons. The third-order valence-corrected chi connectivity index (χ3v) is 5.09. The minimum atomic E-state index is 0.474. The van der Waals surface area contributed by atoms with E-state index in [-0.39, 0.29) is 0 Å². The van der Waals surface area contributed by atoms with Gasteiger partial charge in [-0.25, -0.2) is 0 Å². The van der Waals surface area contributed by atoms with Gasteiger partial charge in [0.2, 0.25) is 0 Å². The van der Waals surface area contributed by atoms with Crippen LogP contribution in [0.15, 0.2) is 0 Å². The van der Waals surface area contributed by atoms with E-state index in [4.69, 9.17) is 4.74 Å². The maximum absolute atomic E-state index is 5.80. The molecule has 1 N–H and O–H groups in total. The van der Waals surface area contributed by atoms with Crippen LogP contribution in [0, 0.1) is 17.8 Å². The van der Waals surface area contributed by atoms with Gasteiger partial charge in [0, 0.05) is 12.0 Å². The highest BCUT2D eigenvalue weighted by Gasteiger charge is 2.36. The van der Waals surface area contributed by atoms with E-state index in [0.717, 1.165) is 30.9 Å². The Kier molecular flexibility index (Phi) is 5.50. The van der Waals surface area contributed by atoms with Crippen molar-refractivity contribution in [3.63, 3.8) is 0 Å². The monoisotopic (exact) mass is 253 g/mol. The molecule has 2 aliphatic rings. The molecule has 0 aromatic heterocycles. The van der Waals surface area contributed by atoms with E-state index in [0.29, 0.717) is 12.1 Å². The molecule has 1 saturated heterocycles. The summed E-state index contributed by atoms with van der Waals surface area (Å²) < 4.78 is 5.80. The van der Waals surface area contributed by atoms with Crippen LogP contribution >= 0.6 is 0 Å². The molecule has 0 spiro atoms. The second-order valence-corrected chi connectivity index (χ2v) is 6.42. The summed E-state index contributed by atoms with van der Waals surface area (Å²) in [6.07, 6.45) is 8.87. The second-order valence-electron chi connectivity index (χ2n) is 6.42. The Morgan fingerprint density at radius 3 is 2.61 bits per heavy atom. The SMILES string of the molecule is CCNC(C1CCCC(CC)C1)C1COC(C)C1. The summed E-state index contributed by atoms with van der Waals surface area (Å²) in [5.41, 5.74) is 0. The van der Waals surface area contributed by atoms with Crippen molar-refractivity contribution in [1.29, 1.82) is 0 Å². The fraction of sp³-hybridized carbons (Fsp3) is 1.00. The average molecular weight is 253 g/mol. The molecular weight excluding hydrogens is 222 g/mol. The lowest BCUT2D eigenvalue weighted by Gasteiger charge is -2.37. The van der Waals surface area contributed by atoms with E-state index in [9.17, 15) is 0 Å². The van der Waals surface area contributed by atoms with Crippen LogP contribution in [-0.4, -0.2) is 25.3 Å². The van der Waals surface area contributed by atoms with Crippen LogP contribution in [0.25, 0.3) is 0 Å². The molecule has 2 heteroatoms. The summed E-state index contributed by atoms with van der Waals surface area (Å²) in [6, 6.07) is 0.703. The van der Waals surface area contributed by atoms with Crippen molar-refractivity contribution < 1.29 is 4.74 Å². The van der Waals surface area contributed by atoms with Gasteiger partial charge < -0.3 is 10.1 Å². The first-order chi connectivity index (χ1) is 8.74. The molecule has 1 heterocycles. The third-order valence-electron chi connectivity index (χ3n) is 5.09. The topological polar surface area (TPSA) is 21.3 Å². The summed E-state index contributed by atoms with van der Waals surface area (Å²) in [5, 5.41) is 3.78. The summed E-state index contributed by atoms with van der Waals surface area (Å²) >= 11 is 0. The van der Waals surface area contributed by atoms with Crippen LogP contribution in [0.5, 0.6) is 0 Å². The summed E-state index contributed by atoms with van der Waals surface area (Å²) in [5.74, 6) is 2.62. The average Bonchev–Trinajstić information content (AvgIpc) is 2.82. The molecule has 1 aliphatic heterocycles. The first-order valence-electron chi connectivity index (χ1n) is 8.09. The fourth-order valence-corrected chi connectivity index (χ4v) is 4.08. The van der Waals surface area contributed by atoms with Gasteiger partial charge in [0.25, 0.3) is 0 Å². The third kappa shape index (κ3) is 3.48. The molecule has 1 aliphatic carbocycles. The minimum absolute atomic E-state index is 0.474. The van der Waals surface area contributed by atoms with Crippen molar-refractivity contribution in [2.24, 2.45) is 17.8 Å². The smallest absolute Gasteiger partial charge is 0.0551 e. The van der Waals surface area contributed by atoms with Crippen molar-refractivity contribution >= 4 is 0 Å². The molecule has 5 atom stereocenters. The van der Waals surface area contributed by atoms with Gasteiger partial charge in [0.15, 0.2) is 0 Å². The van der Waals surface area contributed by atoms with Crippen molar-refractivity contribution in [1.82, 2.24) is 5.32 Å². The zero-order valence-electron chi connectivity index (χ0n) is 12.5. The van der Waals surface area contributed by atoms with Gasteiger partial charge in [-0.05, 0) is 44.6 Å². The molecule has 2 nitrogen and oxygen atoms in total. The largest absolute Gasteiger partial charge is 0.378 e. The predicted molar refractivity (Wildman–Crippen MR) is 76.7 cm³/mol. The number of rotatable bonds is 5. The van der Waals surface area contributed by atoms with Crippen LogP contribution in [0.1, 0.15) is 59.3 Å².